The summed E-state index contributed by atoms with van der Waals surface area (Å²) in [6.07, 6.45) is -0.498. The van der Waals surface area contributed by atoms with Crippen molar-refractivity contribution in [3.8, 4) is 0 Å². The zero-order valence-corrected chi connectivity index (χ0v) is 10.9. The second kappa shape index (κ2) is 5.16. The molecule has 2 heterocycles. The Morgan fingerprint density at radius 1 is 1.25 bits per heavy atom. The fourth-order valence-corrected chi connectivity index (χ4v) is 2.20. The van der Waals surface area contributed by atoms with E-state index in [2.05, 4.69) is 5.32 Å². The van der Waals surface area contributed by atoms with Gasteiger partial charge in [0.15, 0.2) is 12.1 Å². The van der Waals surface area contributed by atoms with Crippen LogP contribution in [0, 0.1) is 0 Å². The molecule has 6 heteroatoms. The summed E-state index contributed by atoms with van der Waals surface area (Å²) >= 11 is 0. The highest BCUT2D eigenvalue weighted by Gasteiger charge is 2.55. The van der Waals surface area contributed by atoms with Crippen molar-refractivity contribution in [2.75, 3.05) is 20.7 Å². The molecular weight excluding hydrogens is 234 g/mol. The Balaban J connectivity index is 0.00000128. The first-order chi connectivity index (χ1) is 7.07. The summed E-state index contributed by atoms with van der Waals surface area (Å²) in [7, 11) is 3.51. The zero-order valence-electron chi connectivity index (χ0n) is 10.1. The molecule has 0 bridgehead atoms. The molecule has 96 valence electrons. The Morgan fingerprint density at radius 2 is 1.88 bits per heavy atom. The average Bonchev–Trinajstić information content (AvgIpc) is 2.61. The monoisotopic (exact) mass is 253 g/mol. The lowest BCUT2D eigenvalue weighted by Gasteiger charge is -2.23. The first-order valence-electron chi connectivity index (χ1n) is 5.26. The van der Waals surface area contributed by atoms with Crippen LogP contribution in [-0.4, -0.2) is 51.1 Å². The molecule has 0 radical (unpaired) electrons. The third kappa shape index (κ3) is 2.50. The molecule has 0 aromatic heterocycles. The molecule has 0 saturated carbocycles. The Hall–Kier alpha value is 0.0900. The summed E-state index contributed by atoms with van der Waals surface area (Å²) in [5, 5.41) is 3.08. The van der Waals surface area contributed by atoms with Crippen molar-refractivity contribution in [2.24, 2.45) is 0 Å². The van der Waals surface area contributed by atoms with E-state index in [1.807, 2.05) is 20.9 Å². The van der Waals surface area contributed by atoms with Crippen LogP contribution in [0.4, 0.5) is 0 Å². The first-order valence-corrected chi connectivity index (χ1v) is 5.26. The highest BCUT2D eigenvalue weighted by Crippen LogP contribution is 2.38. The molecule has 2 rings (SSSR count). The number of hydrogen-bond acceptors (Lipinski definition) is 5. The molecule has 5 nitrogen and oxygen atoms in total. The van der Waals surface area contributed by atoms with Gasteiger partial charge >= 0.3 is 0 Å². The van der Waals surface area contributed by atoms with E-state index in [4.69, 9.17) is 18.9 Å². The maximum absolute atomic E-state index is 5.80. The van der Waals surface area contributed by atoms with Crippen LogP contribution in [0.2, 0.25) is 0 Å². The average molecular weight is 254 g/mol. The summed E-state index contributed by atoms with van der Waals surface area (Å²) in [6.45, 7) is 4.56. The van der Waals surface area contributed by atoms with Gasteiger partial charge in [-0.2, -0.15) is 0 Å². The highest BCUT2D eigenvalue weighted by atomic mass is 35.5. The summed E-state index contributed by atoms with van der Waals surface area (Å²) in [6, 6.07) is 0. The minimum atomic E-state index is -0.540. The van der Waals surface area contributed by atoms with E-state index in [0.29, 0.717) is 0 Å². The molecule has 2 aliphatic rings. The van der Waals surface area contributed by atoms with Gasteiger partial charge in [0.05, 0.1) is 0 Å². The van der Waals surface area contributed by atoms with Crippen molar-refractivity contribution in [1.29, 1.82) is 0 Å². The molecule has 4 unspecified atom stereocenters. The molecule has 2 saturated heterocycles. The largest absolute Gasteiger partial charge is 0.353 e. The Bertz CT molecular complexity index is 239. The number of halogens is 1. The van der Waals surface area contributed by atoms with Crippen molar-refractivity contribution in [3.63, 3.8) is 0 Å². The van der Waals surface area contributed by atoms with Gasteiger partial charge in [-0.15, -0.1) is 12.4 Å². The van der Waals surface area contributed by atoms with Gasteiger partial charge in [-0.3, -0.25) is 0 Å². The van der Waals surface area contributed by atoms with E-state index in [-0.39, 0.29) is 37.0 Å². The lowest BCUT2D eigenvalue weighted by molar-refractivity contribution is -0.226. The molecule has 2 aliphatic heterocycles. The van der Waals surface area contributed by atoms with Crippen LogP contribution in [0.15, 0.2) is 0 Å². The van der Waals surface area contributed by atoms with E-state index in [9.17, 15) is 0 Å². The Kier molecular flexibility index (Phi) is 4.57. The minimum absolute atomic E-state index is 0. The molecule has 16 heavy (non-hydrogen) atoms. The van der Waals surface area contributed by atoms with Crippen LogP contribution >= 0.6 is 12.4 Å². The van der Waals surface area contributed by atoms with E-state index in [1.165, 1.54) is 0 Å². The fraction of sp³-hybridized carbons (Fsp3) is 1.00. The summed E-state index contributed by atoms with van der Waals surface area (Å²) in [5.74, 6) is -0.540. The molecule has 2 fully saturated rings. The third-order valence-corrected chi connectivity index (χ3v) is 2.74. The van der Waals surface area contributed by atoms with Gasteiger partial charge in [0.1, 0.15) is 18.3 Å². The lowest BCUT2D eigenvalue weighted by Crippen LogP contribution is -2.36. The number of nitrogens with one attached hydrogen (secondary N) is 1. The highest BCUT2D eigenvalue weighted by molar-refractivity contribution is 5.85. The van der Waals surface area contributed by atoms with E-state index in [0.717, 1.165) is 6.54 Å². The Morgan fingerprint density at radius 3 is 2.44 bits per heavy atom. The van der Waals surface area contributed by atoms with Gasteiger partial charge < -0.3 is 24.3 Å². The van der Waals surface area contributed by atoms with Crippen molar-refractivity contribution >= 4 is 12.4 Å². The molecule has 0 amide bonds. The van der Waals surface area contributed by atoms with Crippen LogP contribution in [0.5, 0.6) is 0 Å². The van der Waals surface area contributed by atoms with Gasteiger partial charge in [-0.05, 0) is 20.9 Å². The van der Waals surface area contributed by atoms with Gasteiger partial charge in [-0.25, -0.2) is 0 Å². The number of hydrogen-bond donors (Lipinski definition) is 1. The standard InChI is InChI=1S/C10H19NO4.ClH/c1-10(2)14-7-6(5-11-3)13-9(12-4)8(7)15-10;/h6-9,11H,5H2,1-4H3;1H. The maximum atomic E-state index is 5.80. The van der Waals surface area contributed by atoms with Crippen molar-refractivity contribution in [2.45, 2.75) is 44.2 Å². The van der Waals surface area contributed by atoms with E-state index < -0.39 is 5.79 Å². The second-order valence-corrected chi connectivity index (χ2v) is 4.40. The number of rotatable bonds is 3. The van der Waals surface area contributed by atoms with Crippen LogP contribution < -0.4 is 5.32 Å². The minimum Gasteiger partial charge on any atom is -0.353 e. The van der Waals surface area contributed by atoms with Gasteiger partial charge in [0.2, 0.25) is 0 Å². The van der Waals surface area contributed by atoms with Gasteiger partial charge in [0, 0.05) is 13.7 Å². The fourth-order valence-electron chi connectivity index (χ4n) is 2.20. The topological polar surface area (TPSA) is 49.0 Å². The number of ether oxygens (including phenoxy) is 4. The lowest BCUT2D eigenvalue weighted by atomic mass is 10.1. The predicted molar refractivity (Wildman–Crippen MR) is 60.7 cm³/mol. The summed E-state index contributed by atoms with van der Waals surface area (Å²) in [4.78, 5) is 0. The van der Waals surface area contributed by atoms with Crippen LogP contribution in [0.1, 0.15) is 13.8 Å². The zero-order chi connectivity index (χ0) is 11.1. The predicted octanol–water partition coefficient (Wildman–Crippen LogP) is 0.519. The molecule has 0 aromatic rings. The second-order valence-electron chi connectivity index (χ2n) is 4.40. The van der Waals surface area contributed by atoms with Gasteiger partial charge in [0.25, 0.3) is 0 Å². The van der Waals surface area contributed by atoms with Crippen LogP contribution in [0.25, 0.3) is 0 Å². The number of methoxy groups -OCH3 is 1. The molecule has 0 spiro atoms. The molecular formula is C10H20ClNO4. The first kappa shape index (κ1) is 14.2. The number of likely N-dealkylation sites (N-methyl/N-ethyl adjacent to an activating group) is 1. The normalized spacial score (nSPS) is 40.5. The molecule has 4 atom stereocenters. The smallest absolute Gasteiger partial charge is 0.186 e. The van der Waals surface area contributed by atoms with Crippen LogP contribution in [-0.2, 0) is 18.9 Å². The SMILES string of the molecule is CNCC1OC(OC)C2OC(C)(C)OC12.Cl. The number of fused-ring (bicyclic) bond motifs is 1. The molecule has 0 aromatic carbocycles. The third-order valence-electron chi connectivity index (χ3n) is 2.74. The summed E-state index contributed by atoms with van der Waals surface area (Å²) < 4.78 is 22.5. The van der Waals surface area contributed by atoms with Gasteiger partial charge in [-0.1, -0.05) is 0 Å². The quantitative estimate of drug-likeness (QED) is 0.795. The van der Waals surface area contributed by atoms with E-state index in [1.54, 1.807) is 7.11 Å². The van der Waals surface area contributed by atoms with E-state index >= 15 is 0 Å². The summed E-state index contributed by atoms with van der Waals surface area (Å²) in [5.41, 5.74) is 0. The van der Waals surface area contributed by atoms with Crippen LogP contribution in [0.3, 0.4) is 0 Å². The molecule has 0 aliphatic carbocycles. The van der Waals surface area contributed by atoms with Crippen molar-refractivity contribution < 1.29 is 18.9 Å². The molecule has 1 N–H and O–H groups in total. The maximum Gasteiger partial charge on any atom is 0.186 e. The van der Waals surface area contributed by atoms with Crippen molar-refractivity contribution in [3.05, 3.63) is 0 Å². The Labute approximate surface area is 102 Å². The van der Waals surface area contributed by atoms with Crippen molar-refractivity contribution in [1.82, 2.24) is 5.32 Å².